The molecule has 2 aromatic heterocycles. The predicted octanol–water partition coefficient (Wildman–Crippen LogP) is 4.33. The van der Waals surface area contributed by atoms with Gasteiger partial charge in [0.05, 0.1) is 18.4 Å². The first-order chi connectivity index (χ1) is 11.3. The summed E-state index contributed by atoms with van der Waals surface area (Å²) in [4.78, 5) is 13.2. The van der Waals surface area contributed by atoms with Crippen LogP contribution in [0.25, 0.3) is 0 Å². The molecular formula is C17H22F2N4O. The number of nitrogens with zero attached hydrogens (tertiary/aromatic N) is 3. The van der Waals surface area contributed by atoms with Crippen LogP contribution in [0, 0.1) is 0 Å². The van der Waals surface area contributed by atoms with Crippen LogP contribution in [0.5, 0.6) is 5.75 Å². The first kappa shape index (κ1) is 18.0. The van der Waals surface area contributed by atoms with Crippen molar-refractivity contribution in [2.45, 2.75) is 52.7 Å². The fourth-order valence-corrected chi connectivity index (χ4v) is 2.00. The second-order valence-electron chi connectivity index (χ2n) is 6.06. The van der Waals surface area contributed by atoms with E-state index in [0.29, 0.717) is 18.2 Å². The molecule has 0 spiro atoms. The molecule has 2 aromatic rings. The molecule has 2 heterocycles. The summed E-state index contributed by atoms with van der Waals surface area (Å²) in [5, 5.41) is 3.21. The first-order valence-corrected chi connectivity index (χ1v) is 7.87. The average molecular weight is 336 g/mol. The molecule has 130 valence electrons. The SMILES string of the molecule is CC(C)c1cc(NCc2ccc(OC(F)F)cn2)nc(C(C)C)n1. The number of alkyl halides is 2. The summed E-state index contributed by atoms with van der Waals surface area (Å²) >= 11 is 0. The summed E-state index contributed by atoms with van der Waals surface area (Å²) in [6.45, 7) is 5.85. The normalized spacial score (nSPS) is 11.4. The third-order valence-corrected chi connectivity index (χ3v) is 3.34. The smallest absolute Gasteiger partial charge is 0.387 e. The van der Waals surface area contributed by atoms with E-state index in [1.54, 1.807) is 6.07 Å². The lowest BCUT2D eigenvalue weighted by Crippen LogP contribution is -2.09. The predicted molar refractivity (Wildman–Crippen MR) is 88.4 cm³/mol. The van der Waals surface area contributed by atoms with Gasteiger partial charge >= 0.3 is 6.61 Å². The van der Waals surface area contributed by atoms with E-state index >= 15 is 0 Å². The van der Waals surface area contributed by atoms with Crippen LogP contribution >= 0.6 is 0 Å². The van der Waals surface area contributed by atoms with Gasteiger partial charge in [0.25, 0.3) is 0 Å². The van der Waals surface area contributed by atoms with Gasteiger partial charge in [-0.15, -0.1) is 0 Å². The summed E-state index contributed by atoms with van der Waals surface area (Å²) in [7, 11) is 0. The van der Waals surface area contributed by atoms with Crippen molar-refractivity contribution < 1.29 is 13.5 Å². The minimum absolute atomic E-state index is 0.0416. The summed E-state index contributed by atoms with van der Waals surface area (Å²) in [5.74, 6) is 2.09. The van der Waals surface area contributed by atoms with Crippen molar-refractivity contribution >= 4 is 5.82 Å². The van der Waals surface area contributed by atoms with Crippen LogP contribution in [0.3, 0.4) is 0 Å². The molecule has 0 saturated heterocycles. The molecule has 2 rings (SSSR count). The fraction of sp³-hybridized carbons (Fsp3) is 0.471. The van der Waals surface area contributed by atoms with Gasteiger partial charge in [0.15, 0.2) is 0 Å². The molecule has 1 N–H and O–H groups in total. The number of pyridine rings is 1. The van der Waals surface area contributed by atoms with Crippen LogP contribution in [0.15, 0.2) is 24.4 Å². The van der Waals surface area contributed by atoms with Crippen molar-refractivity contribution in [3.8, 4) is 5.75 Å². The topological polar surface area (TPSA) is 59.9 Å². The third-order valence-electron chi connectivity index (χ3n) is 3.34. The Morgan fingerprint density at radius 3 is 2.38 bits per heavy atom. The maximum atomic E-state index is 12.1. The van der Waals surface area contributed by atoms with Crippen molar-refractivity contribution in [2.75, 3.05) is 5.32 Å². The molecule has 7 heteroatoms. The molecule has 24 heavy (non-hydrogen) atoms. The Morgan fingerprint density at radius 2 is 1.83 bits per heavy atom. The standard InChI is InChI=1S/C17H22F2N4O/c1-10(2)14-7-15(23-16(22-14)11(3)4)21-8-12-5-6-13(9-20-12)24-17(18)19/h5-7,9-11,17H,8H2,1-4H3,(H,21,22,23). The van der Waals surface area contributed by atoms with Crippen LogP contribution in [0.4, 0.5) is 14.6 Å². The highest BCUT2D eigenvalue weighted by Gasteiger charge is 2.11. The van der Waals surface area contributed by atoms with Gasteiger partial charge < -0.3 is 10.1 Å². The van der Waals surface area contributed by atoms with Gasteiger partial charge in [-0.2, -0.15) is 8.78 Å². The van der Waals surface area contributed by atoms with Crippen LogP contribution < -0.4 is 10.1 Å². The number of rotatable bonds is 7. The van der Waals surface area contributed by atoms with Gasteiger partial charge in [0.1, 0.15) is 17.4 Å². The van der Waals surface area contributed by atoms with Crippen LogP contribution in [-0.2, 0) is 6.54 Å². The van der Waals surface area contributed by atoms with Gasteiger partial charge in [0, 0.05) is 17.7 Å². The molecule has 0 saturated carbocycles. The molecule has 0 radical (unpaired) electrons. The van der Waals surface area contributed by atoms with E-state index < -0.39 is 6.61 Å². The Labute approximate surface area is 140 Å². The molecule has 0 amide bonds. The zero-order chi connectivity index (χ0) is 17.7. The molecule has 0 bridgehead atoms. The van der Waals surface area contributed by atoms with Gasteiger partial charge in [0.2, 0.25) is 0 Å². The van der Waals surface area contributed by atoms with E-state index in [-0.39, 0.29) is 11.7 Å². The Balaban J connectivity index is 2.08. The average Bonchev–Trinajstić information content (AvgIpc) is 2.53. The van der Waals surface area contributed by atoms with E-state index in [2.05, 4.69) is 38.9 Å². The summed E-state index contributed by atoms with van der Waals surface area (Å²) < 4.78 is 28.5. The number of nitrogens with one attached hydrogen (secondary N) is 1. The molecule has 0 fully saturated rings. The minimum Gasteiger partial charge on any atom is -0.433 e. The van der Waals surface area contributed by atoms with Gasteiger partial charge in [-0.05, 0) is 18.1 Å². The quantitative estimate of drug-likeness (QED) is 0.815. The zero-order valence-corrected chi connectivity index (χ0v) is 14.3. The lowest BCUT2D eigenvalue weighted by atomic mass is 10.1. The number of anilines is 1. The van der Waals surface area contributed by atoms with Crippen molar-refractivity contribution in [1.29, 1.82) is 0 Å². The second kappa shape index (κ2) is 7.99. The lowest BCUT2D eigenvalue weighted by Gasteiger charge is -2.13. The van der Waals surface area contributed by atoms with Gasteiger partial charge in [-0.3, -0.25) is 4.98 Å². The van der Waals surface area contributed by atoms with E-state index in [1.165, 1.54) is 12.3 Å². The van der Waals surface area contributed by atoms with E-state index in [1.807, 2.05) is 19.9 Å². The lowest BCUT2D eigenvalue weighted by molar-refractivity contribution is -0.0500. The van der Waals surface area contributed by atoms with Gasteiger partial charge in [-0.1, -0.05) is 27.7 Å². The zero-order valence-electron chi connectivity index (χ0n) is 14.3. The molecule has 0 aliphatic carbocycles. The Bertz CT molecular complexity index is 634. The first-order valence-electron chi connectivity index (χ1n) is 7.87. The van der Waals surface area contributed by atoms with E-state index in [4.69, 9.17) is 0 Å². The number of aromatic nitrogens is 3. The Kier molecular flexibility index (Phi) is 6.00. The fourth-order valence-electron chi connectivity index (χ4n) is 2.00. The van der Waals surface area contributed by atoms with Crippen LogP contribution in [-0.4, -0.2) is 21.6 Å². The largest absolute Gasteiger partial charge is 0.433 e. The third kappa shape index (κ3) is 5.11. The maximum absolute atomic E-state index is 12.1. The number of halogens is 2. The minimum atomic E-state index is -2.85. The molecule has 5 nitrogen and oxygen atoms in total. The highest BCUT2D eigenvalue weighted by molar-refractivity contribution is 5.38. The molecular weight excluding hydrogens is 314 g/mol. The molecule has 0 atom stereocenters. The van der Waals surface area contributed by atoms with E-state index in [9.17, 15) is 8.78 Å². The summed E-state index contributed by atoms with van der Waals surface area (Å²) in [5.41, 5.74) is 1.68. The van der Waals surface area contributed by atoms with Crippen molar-refractivity contribution in [1.82, 2.24) is 15.0 Å². The highest BCUT2D eigenvalue weighted by atomic mass is 19.3. The van der Waals surface area contributed by atoms with Crippen molar-refractivity contribution in [3.05, 3.63) is 41.6 Å². The maximum Gasteiger partial charge on any atom is 0.387 e. The summed E-state index contributed by atoms with van der Waals surface area (Å²) in [6, 6.07) is 5.03. The second-order valence-corrected chi connectivity index (χ2v) is 6.06. The van der Waals surface area contributed by atoms with Crippen LogP contribution in [0.1, 0.15) is 56.7 Å². The molecule has 0 unspecified atom stereocenters. The molecule has 0 aromatic carbocycles. The molecule has 0 aliphatic heterocycles. The van der Waals surface area contributed by atoms with E-state index in [0.717, 1.165) is 17.3 Å². The highest BCUT2D eigenvalue weighted by Crippen LogP contribution is 2.20. The van der Waals surface area contributed by atoms with Crippen LogP contribution in [0.2, 0.25) is 0 Å². The number of ether oxygens (including phenoxy) is 1. The monoisotopic (exact) mass is 336 g/mol. The molecule has 0 aliphatic rings. The van der Waals surface area contributed by atoms with Crippen molar-refractivity contribution in [3.63, 3.8) is 0 Å². The summed E-state index contributed by atoms with van der Waals surface area (Å²) in [6.07, 6.45) is 1.28. The number of hydrogen-bond acceptors (Lipinski definition) is 5. The van der Waals surface area contributed by atoms with Gasteiger partial charge in [-0.25, -0.2) is 9.97 Å². The number of hydrogen-bond donors (Lipinski definition) is 1. The Morgan fingerprint density at radius 1 is 1.08 bits per heavy atom. The Hall–Kier alpha value is -2.31. The van der Waals surface area contributed by atoms with Crippen molar-refractivity contribution in [2.24, 2.45) is 0 Å².